The fourth-order valence-corrected chi connectivity index (χ4v) is 2.62. The molecule has 0 aliphatic carbocycles. The molecular weight excluding hydrogens is 272 g/mol. The van der Waals surface area contributed by atoms with Crippen molar-refractivity contribution in [3.05, 3.63) is 54.1 Å². The number of nitrogens with zero attached hydrogens (tertiary/aromatic N) is 1. The van der Waals surface area contributed by atoms with Gasteiger partial charge in [0.05, 0.1) is 12.3 Å². The zero-order valence-corrected chi connectivity index (χ0v) is 13.6. The van der Waals surface area contributed by atoms with Gasteiger partial charge in [0.25, 0.3) is 0 Å². The molecule has 0 unspecified atom stereocenters. The standard InChI is InChI=1S/C19H26N2O/c1-3-21(17-10-6-5-7-11-17)14-8-9-16-12-13-19(22-4-2)18(20)15-16/h5-7,10-13,15H,3-4,8-9,14,20H2,1-2H3. The van der Waals surface area contributed by atoms with Crippen LogP contribution >= 0.6 is 0 Å². The number of nitrogens with two attached hydrogens (primary N) is 1. The van der Waals surface area contributed by atoms with Gasteiger partial charge in [-0.2, -0.15) is 0 Å². The second-order valence-electron chi connectivity index (χ2n) is 5.32. The highest BCUT2D eigenvalue weighted by Gasteiger charge is 2.05. The van der Waals surface area contributed by atoms with E-state index in [2.05, 4.69) is 48.2 Å². The Morgan fingerprint density at radius 1 is 1.05 bits per heavy atom. The maximum Gasteiger partial charge on any atom is 0.142 e. The number of ether oxygens (including phenoxy) is 1. The smallest absolute Gasteiger partial charge is 0.142 e. The van der Waals surface area contributed by atoms with Gasteiger partial charge in [-0.1, -0.05) is 24.3 Å². The van der Waals surface area contributed by atoms with Gasteiger partial charge < -0.3 is 15.4 Å². The van der Waals surface area contributed by atoms with E-state index in [0.717, 1.165) is 37.4 Å². The van der Waals surface area contributed by atoms with Crippen LogP contribution in [-0.4, -0.2) is 19.7 Å². The van der Waals surface area contributed by atoms with Gasteiger partial charge in [-0.25, -0.2) is 0 Å². The van der Waals surface area contributed by atoms with Gasteiger partial charge in [0.2, 0.25) is 0 Å². The van der Waals surface area contributed by atoms with Crippen molar-refractivity contribution >= 4 is 11.4 Å². The Labute approximate surface area is 133 Å². The van der Waals surface area contributed by atoms with E-state index >= 15 is 0 Å². The summed E-state index contributed by atoms with van der Waals surface area (Å²) < 4.78 is 5.48. The Kier molecular flexibility index (Phi) is 6.13. The van der Waals surface area contributed by atoms with Gasteiger partial charge in [0, 0.05) is 18.8 Å². The molecule has 0 saturated heterocycles. The minimum Gasteiger partial charge on any atom is -0.492 e. The van der Waals surface area contributed by atoms with Gasteiger partial charge in [-0.15, -0.1) is 0 Å². The molecule has 0 radical (unpaired) electrons. The van der Waals surface area contributed by atoms with Crippen LogP contribution in [0.3, 0.4) is 0 Å². The quantitative estimate of drug-likeness (QED) is 0.745. The van der Waals surface area contributed by atoms with E-state index in [1.54, 1.807) is 0 Å². The monoisotopic (exact) mass is 298 g/mol. The molecule has 0 heterocycles. The van der Waals surface area contributed by atoms with Crippen LogP contribution in [0.5, 0.6) is 5.75 Å². The van der Waals surface area contributed by atoms with Gasteiger partial charge in [-0.3, -0.25) is 0 Å². The Morgan fingerprint density at radius 3 is 2.45 bits per heavy atom. The molecule has 2 aromatic rings. The molecule has 0 aromatic heterocycles. The number of benzene rings is 2. The van der Waals surface area contributed by atoms with Gasteiger partial charge in [0.1, 0.15) is 5.75 Å². The fourth-order valence-electron chi connectivity index (χ4n) is 2.62. The second-order valence-corrected chi connectivity index (χ2v) is 5.32. The average Bonchev–Trinajstić information content (AvgIpc) is 2.55. The molecule has 118 valence electrons. The van der Waals surface area contributed by atoms with Crippen LogP contribution in [0.1, 0.15) is 25.8 Å². The Bertz CT molecular complexity index is 569. The van der Waals surface area contributed by atoms with Crippen LogP contribution in [0, 0.1) is 0 Å². The van der Waals surface area contributed by atoms with Crippen LogP contribution in [0.2, 0.25) is 0 Å². The van der Waals surface area contributed by atoms with E-state index < -0.39 is 0 Å². The van der Waals surface area contributed by atoms with E-state index in [1.807, 2.05) is 19.1 Å². The van der Waals surface area contributed by atoms with E-state index in [4.69, 9.17) is 10.5 Å². The normalized spacial score (nSPS) is 10.5. The van der Waals surface area contributed by atoms with Crippen LogP contribution in [0.4, 0.5) is 11.4 Å². The van der Waals surface area contributed by atoms with Crippen LogP contribution in [0.15, 0.2) is 48.5 Å². The Hall–Kier alpha value is -2.16. The SMILES string of the molecule is CCOc1ccc(CCCN(CC)c2ccccc2)cc1N. The summed E-state index contributed by atoms with van der Waals surface area (Å²) in [6.07, 6.45) is 2.14. The molecule has 2 N–H and O–H groups in total. The molecule has 0 atom stereocenters. The van der Waals surface area contributed by atoms with E-state index in [1.165, 1.54) is 11.3 Å². The lowest BCUT2D eigenvalue weighted by Crippen LogP contribution is -2.24. The first-order valence-electron chi connectivity index (χ1n) is 8.05. The molecule has 3 heteroatoms. The molecule has 0 amide bonds. The maximum atomic E-state index is 6.02. The highest BCUT2D eigenvalue weighted by Crippen LogP contribution is 2.23. The van der Waals surface area contributed by atoms with Crippen molar-refractivity contribution in [2.24, 2.45) is 0 Å². The van der Waals surface area contributed by atoms with Crippen LogP contribution in [0.25, 0.3) is 0 Å². The summed E-state index contributed by atoms with van der Waals surface area (Å²) in [7, 11) is 0. The minimum atomic E-state index is 0.645. The summed E-state index contributed by atoms with van der Waals surface area (Å²) in [5.41, 5.74) is 9.31. The predicted octanol–water partition coefficient (Wildman–Crippen LogP) is 4.13. The van der Waals surface area contributed by atoms with Crippen molar-refractivity contribution in [2.45, 2.75) is 26.7 Å². The first-order chi connectivity index (χ1) is 10.7. The summed E-state index contributed by atoms with van der Waals surface area (Å²) in [5.74, 6) is 0.783. The topological polar surface area (TPSA) is 38.5 Å². The lowest BCUT2D eigenvalue weighted by Gasteiger charge is -2.23. The summed E-state index contributed by atoms with van der Waals surface area (Å²) in [4.78, 5) is 2.40. The van der Waals surface area contributed by atoms with E-state index in [0.29, 0.717) is 6.61 Å². The third kappa shape index (κ3) is 4.42. The molecular formula is C19H26N2O. The highest BCUT2D eigenvalue weighted by atomic mass is 16.5. The first-order valence-corrected chi connectivity index (χ1v) is 8.05. The number of hydrogen-bond acceptors (Lipinski definition) is 3. The van der Waals surface area contributed by atoms with Crippen molar-refractivity contribution in [1.29, 1.82) is 0 Å². The highest BCUT2D eigenvalue weighted by molar-refractivity contribution is 5.54. The number of aryl methyl sites for hydroxylation is 1. The minimum absolute atomic E-state index is 0.645. The van der Waals surface area contributed by atoms with Crippen molar-refractivity contribution in [3.8, 4) is 5.75 Å². The third-order valence-corrected chi connectivity index (χ3v) is 3.77. The molecule has 0 bridgehead atoms. The number of anilines is 2. The Balaban J connectivity index is 1.89. The summed E-state index contributed by atoms with van der Waals surface area (Å²) in [5, 5.41) is 0. The molecule has 2 rings (SSSR count). The Morgan fingerprint density at radius 2 is 1.82 bits per heavy atom. The first kappa shape index (κ1) is 16.2. The zero-order chi connectivity index (χ0) is 15.8. The van der Waals surface area contributed by atoms with Crippen molar-refractivity contribution in [2.75, 3.05) is 30.3 Å². The van der Waals surface area contributed by atoms with E-state index in [9.17, 15) is 0 Å². The molecule has 0 spiro atoms. The van der Waals surface area contributed by atoms with Gasteiger partial charge >= 0.3 is 0 Å². The molecule has 0 fully saturated rings. The number of rotatable bonds is 8. The zero-order valence-electron chi connectivity index (χ0n) is 13.6. The summed E-state index contributed by atoms with van der Waals surface area (Å²) >= 11 is 0. The lowest BCUT2D eigenvalue weighted by atomic mass is 10.1. The molecule has 0 aliphatic heterocycles. The van der Waals surface area contributed by atoms with Gasteiger partial charge in [-0.05, 0) is 56.5 Å². The number of nitrogen functional groups attached to an aromatic ring is 1. The van der Waals surface area contributed by atoms with Crippen molar-refractivity contribution < 1.29 is 4.74 Å². The summed E-state index contributed by atoms with van der Waals surface area (Å²) in [6, 6.07) is 16.7. The van der Waals surface area contributed by atoms with E-state index in [-0.39, 0.29) is 0 Å². The van der Waals surface area contributed by atoms with Crippen LogP contribution < -0.4 is 15.4 Å². The van der Waals surface area contributed by atoms with Gasteiger partial charge in [0.15, 0.2) is 0 Å². The molecule has 2 aromatic carbocycles. The molecule has 0 saturated carbocycles. The predicted molar refractivity (Wildman–Crippen MR) is 94.7 cm³/mol. The maximum absolute atomic E-state index is 6.02. The lowest BCUT2D eigenvalue weighted by molar-refractivity contribution is 0.342. The number of hydrogen-bond donors (Lipinski definition) is 1. The molecule has 0 aliphatic rings. The molecule has 22 heavy (non-hydrogen) atoms. The van der Waals surface area contributed by atoms with Crippen molar-refractivity contribution in [3.63, 3.8) is 0 Å². The largest absolute Gasteiger partial charge is 0.492 e. The third-order valence-electron chi connectivity index (χ3n) is 3.77. The van der Waals surface area contributed by atoms with Crippen molar-refractivity contribution in [1.82, 2.24) is 0 Å². The fraction of sp³-hybridized carbons (Fsp3) is 0.368. The van der Waals surface area contributed by atoms with Crippen LogP contribution in [-0.2, 0) is 6.42 Å². The summed E-state index contributed by atoms with van der Waals surface area (Å²) in [6.45, 7) is 6.88. The average molecular weight is 298 g/mol. The second kappa shape index (κ2) is 8.32. The number of para-hydroxylation sites is 1. The molecule has 3 nitrogen and oxygen atoms in total.